The fourth-order valence-electron chi connectivity index (χ4n) is 3.36. The van der Waals surface area contributed by atoms with Gasteiger partial charge in [0.1, 0.15) is 17.9 Å². The molecule has 4 aromatic rings. The van der Waals surface area contributed by atoms with E-state index in [1.807, 2.05) is 78.9 Å². The van der Waals surface area contributed by atoms with Crippen molar-refractivity contribution < 1.29 is 9.47 Å². The van der Waals surface area contributed by atoms with E-state index in [1.54, 1.807) is 13.4 Å². The van der Waals surface area contributed by atoms with Gasteiger partial charge in [0.2, 0.25) is 0 Å². The molecule has 0 amide bonds. The van der Waals surface area contributed by atoms with Gasteiger partial charge in [-0.05, 0) is 36.4 Å². The smallest absolute Gasteiger partial charge is 0.151 e. The van der Waals surface area contributed by atoms with Gasteiger partial charge < -0.3 is 9.47 Å². The Labute approximate surface area is 162 Å². The van der Waals surface area contributed by atoms with Crippen molar-refractivity contribution in [2.75, 3.05) is 12.0 Å². The predicted octanol–water partition coefficient (Wildman–Crippen LogP) is 5.73. The van der Waals surface area contributed by atoms with Crippen LogP contribution in [0.5, 0.6) is 17.2 Å². The highest BCUT2D eigenvalue weighted by Gasteiger charge is 2.26. The first-order chi connectivity index (χ1) is 13.8. The maximum Gasteiger partial charge on any atom is 0.151 e. The fraction of sp³-hybridized carbons (Fsp3) is 0.0435. The number of aromatic nitrogens is 2. The van der Waals surface area contributed by atoms with Gasteiger partial charge in [0.25, 0.3) is 0 Å². The van der Waals surface area contributed by atoms with Crippen LogP contribution in [0.2, 0.25) is 0 Å². The van der Waals surface area contributed by atoms with Crippen molar-refractivity contribution in [3.05, 3.63) is 85.2 Å². The van der Waals surface area contributed by atoms with E-state index in [0.29, 0.717) is 0 Å². The van der Waals surface area contributed by atoms with Crippen LogP contribution in [-0.4, -0.2) is 17.1 Å². The minimum absolute atomic E-state index is 0.774. The molecule has 28 heavy (non-hydrogen) atoms. The van der Waals surface area contributed by atoms with Gasteiger partial charge in [0.05, 0.1) is 24.2 Å². The minimum Gasteiger partial charge on any atom is -0.497 e. The van der Waals surface area contributed by atoms with E-state index in [2.05, 4.69) is 14.9 Å². The zero-order valence-electron chi connectivity index (χ0n) is 15.2. The SMILES string of the molecule is COc1cccc(-c2cc(N3c4ccccc4Oc4ccccc43)ncn2)c1. The van der Waals surface area contributed by atoms with Crippen molar-refractivity contribution in [3.8, 4) is 28.5 Å². The summed E-state index contributed by atoms with van der Waals surface area (Å²) in [4.78, 5) is 11.1. The zero-order valence-corrected chi connectivity index (χ0v) is 15.2. The topological polar surface area (TPSA) is 47.5 Å². The molecule has 1 aliphatic rings. The predicted molar refractivity (Wildman–Crippen MR) is 109 cm³/mol. The summed E-state index contributed by atoms with van der Waals surface area (Å²) in [5.41, 5.74) is 3.68. The minimum atomic E-state index is 0.774. The summed E-state index contributed by atoms with van der Waals surface area (Å²) in [6.45, 7) is 0. The monoisotopic (exact) mass is 367 g/mol. The number of anilines is 3. The average molecular weight is 367 g/mol. The molecule has 5 nitrogen and oxygen atoms in total. The molecule has 0 fully saturated rings. The van der Waals surface area contributed by atoms with Gasteiger partial charge in [0.15, 0.2) is 11.5 Å². The molecule has 2 heterocycles. The van der Waals surface area contributed by atoms with Crippen LogP contribution in [-0.2, 0) is 0 Å². The van der Waals surface area contributed by atoms with Crippen molar-refractivity contribution in [2.24, 2.45) is 0 Å². The molecule has 1 aromatic heterocycles. The third-order valence-corrected chi connectivity index (χ3v) is 4.68. The van der Waals surface area contributed by atoms with Gasteiger partial charge >= 0.3 is 0 Å². The van der Waals surface area contributed by atoms with Crippen molar-refractivity contribution >= 4 is 17.2 Å². The number of nitrogens with zero attached hydrogens (tertiary/aromatic N) is 3. The van der Waals surface area contributed by atoms with E-state index in [1.165, 1.54) is 0 Å². The molecule has 5 heteroatoms. The first-order valence-corrected chi connectivity index (χ1v) is 8.96. The number of hydrogen-bond donors (Lipinski definition) is 0. The second-order valence-electron chi connectivity index (χ2n) is 6.37. The second-order valence-corrected chi connectivity index (χ2v) is 6.37. The standard InChI is InChI=1S/C23H17N3O2/c1-27-17-8-6-7-16(13-17)18-14-23(25-15-24-18)26-19-9-2-4-11-21(19)28-22-12-5-3-10-20(22)26/h2-15H,1H3. The number of fused-ring (bicyclic) bond motifs is 2. The van der Waals surface area contributed by atoms with Gasteiger partial charge in [-0.2, -0.15) is 0 Å². The molecular formula is C23H17N3O2. The van der Waals surface area contributed by atoms with Crippen LogP contribution in [0, 0.1) is 0 Å². The van der Waals surface area contributed by atoms with E-state index in [9.17, 15) is 0 Å². The molecule has 1 aliphatic heterocycles. The lowest BCUT2D eigenvalue weighted by atomic mass is 10.1. The third kappa shape index (κ3) is 2.74. The average Bonchev–Trinajstić information content (AvgIpc) is 2.77. The maximum absolute atomic E-state index is 6.07. The van der Waals surface area contributed by atoms with Crippen molar-refractivity contribution in [1.82, 2.24) is 9.97 Å². The summed E-state index contributed by atoms with van der Waals surface area (Å²) in [6, 6.07) is 25.7. The van der Waals surface area contributed by atoms with Gasteiger partial charge in [0, 0.05) is 11.6 Å². The molecule has 0 radical (unpaired) electrons. The third-order valence-electron chi connectivity index (χ3n) is 4.68. The first-order valence-electron chi connectivity index (χ1n) is 8.96. The Morgan fingerprint density at radius 2 is 1.50 bits per heavy atom. The molecular weight excluding hydrogens is 350 g/mol. The molecule has 5 rings (SSSR count). The second kappa shape index (κ2) is 6.70. The Morgan fingerprint density at radius 3 is 2.21 bits per heavy atom. The van der Waals surface area contributed by atoms with Crippen LogP contribution >= 0.6 is 0 Å². The number of para-hydroxylation sites is 4. The van der Waals surface area contributed by atoms with E-state index < -0.39 is 0 Å². The zero-order chi connectivity index (χ0) is 18.9. The molecule has 0 atom stereocenters. The summed E-state index contributed by atoms with van der Waals surface area (Å²) < 4.78 is 11.4. The van der Waals surface area contributed by atoms with Gasteiger partial charge in [-0.1, -0.05) is 36.4 Å². The molecule has 0 bridgehead atoms. The van der Waals surface area contributed by atoms with Crippen molar-refractivity contribution in [3.63, 3.8) is 0 Å². The van der Waals surface area contributed by atoms with Crippen molar-refractivity contribution in [2.45, 2.75) is 0 Å². The number of hydrogen-bond acceptors (Lipinski definition) is 5. The molecule has 0 spiro atoms. The van der Waals surface area contributed by atoms with Crippen LogP contribution in [0.15, 0.2) is 85.2 Å². The highest BCUT2D eigenvalue weighted by molar-refractivity contribution is 5.85. The van der Waals surface area contributed by atoms with E-state index in [4.69, 9.17) is 9.47 Å². The van der Waals surface area contributed by atoms with E-state index in [0.717, 1.165) is 45.7 Å². The van der Waals surface area contributed by atoms with Crippen molar-refractivity contribution in [1.29, 1.82) is 0 Å². The lowest BCUT2D eigenvalue weighted by molar-refractivity contribution is 0.415. The Kier molecular flexibility index (Phi) is 3.91. The Morgan fingerprint density at radius 1 is 0.786 bits per heavy atom. The Balaban J connectivity index is 1.66. The van der Waals surface area contributed by atoms with E-state index >= 15 is 0 Å². The molecule has 3 aromatic carbocycles. The number of benzene rings is 3. The summed E-state index contributed by atoms with van der Waals surface area (Å²) >= 11 is 0. The summed E-state index contributed by atoms with van der Waals surface area (Å²) in [5.74, 6) is 3.15. The summed E-state index contributed by atoms with van der Waals surface area (Å²) in [7, 11) is 1.66. The normalized spacial score (nSPS) is 12.0. The van der Waals surface area contributed by atoms with Gasteiger partial charge in [-0.15, -0.1) is 0 Å². The largest absolute Gasteiger partial charge is 0.497 e. The summed E-state index contributed by atoms with van der Waals surface area (Å²) in [5, 5.41) is 0. The van der Waals surface area contributed by atoms with Crippen LogP contribution in [0.1, 0.15) is 0 Å². The van der Waals surface area contributed by atoms with Gasteiger partial charge in [-0.3, -0.25) is 4.90 Å². The summed E-state index contributed by atoms with van der Waals surface area (Å²) in [6.07, 6.45) is 1.59. The number of methoxy groups -OCH3 is 1. The van der Waals surface area contributed by atoms with E-state index in [-0.39, 0.29) is 0 Å². The molecule has 0 saturated heterocycles. The highest BCUT2D eigenvalue weighted by Crippen LogP contribution is 2.49. The number of rotatable bonds is 3. The number of ether oxygens (including phenoxy) is 2. The molecule has 0 aliphatic carbocycles. The molecule has 0 unspecified atom stereocenters. The lowest BCUT2D eigenvalue weighted by Crippen LogP contribution is -2.17. The molecule has 136 valence electrons. The maximum atomic E-state index is 6.07. The Bertz CT molecular complexity index is 1110. The Hall–Kier alpha value is -3.86. The quantitative estimate of drug-likeness (QED) is 0.408. The van der Waals surface area contributed by atoms with Crippen LogP contribution in [0.25, 0.3) is 11.3 Å². The van der Waals surface area contributed by atoms with Crippen LogP contribution in [0.4, 0.5) is 17.2 Å². The lowest BCUT2D eigenvalue weighted by Gasteiger charge is -2.31. The fourth-order valence-corrected chi connectivity index (χ4v) is 3.36. The molecule has 0 N–H and O–H groups in total. The van der Waals surface area contributed by atoms with Crippen LogP contribution in [0.3, 0.4) is 0 Å². The van der Waals surface area contributed by atoms with Crippen LogP contribution < -0.4 is 14.4 Å². The van der Waals surface area contributed by atoms with Gasteiger partial charge in [-0.25, -0.2) is 9.97 Å². The first kappa shape index (κ1) is 16.3. The molecule has 0 saturated carbocycles. The highest BCUT2D eigenvalue weighted by atomic mass is 16.5.